The number of benzene rings is 1. The van der Waals surface area contributed by atoms with Crippen molar-refractivity contribution in [3.05, 3.63) is 24.3 Å². The smallest absolute Gasteiger partial charge is 0.260 e. The number of carbonyl (C=O) groups is 1. The van der Waals surface area contributed by atoms with Gasteiger partial charge in [0.15, 0.2) is 18.1 Å². The van der Waals surface area contributed by atoms with E-state index >= 15 is 0 Å². The minimum Gasteiger partial charge on any atom is -0.493 e. The number of ether oxygens (including phenoxy) is 2. The normalized spacial score (nSPS) is 18.6. The van der Waals surface area contributed by atoms with E-state index < -0.39 is 0 Å². The molecule has 128 valence electrons. The van der Waals surface area contributed by atoms with E-state index in [9.17, 15) is 4.79 Å². The summed E-state index contributed by atoms with van der Waals surface area (Å²) in [5.74, 6) is 3.40. The van der Waals surface area contributed by atoms with Crippen LogP contribution in [0.25, 0.3) is 0 Å². The molecule has 1 heterocycles. The number of para-hydroxylation sites is 2. The van der Waals surface area contributed by atoms with Gasteiger partial charge in [0.25, 0.3) is 5.91 Å². The van der Waals surface area contributed by atoms with E-state index in [2.05, 4.69) is 4.90 Å². The molecular formula is C17H26N2O3S. The van der Waals surface area contributed by atoms with Gasteiger partial charge in [-0.1, -0.05) is 12.1 Å². The number of thioether (sulfide) groups is 1. The van der Waals surface area contributed by atoms with Gasteiger partial charge in [0.2, 0.25) is 0 Å². The van der Waals surface area contributed by atoms with Crippen LogP contribution in [0.15, 0.2) is 24.3 Å². The van der Waals surface area contributed by atoms with Crippen molar-refractivity contribution in [3.63, 3.8) is 0 Å². The first kappa shape index (κ1) is 17.9. The van der Waals surface area contributed by atoms with Crippen LogP contribution >= 0.6 is 11.8 Å². The third kappa shape index (κ3) is 5.32. The zero-order valence-electron chi connectivity index (χ0n) is 14.2. The van der Waals surface area contributed by atoms with Crippen molar-refractivity contribution >= 4 is 17.7 Å². The summed E-state index contributed by atoms with van der Waals surface area (Å²) < 4.78 is 11.0. The number of methoxy groups -OCH3 is 1. The Morgan fingerprint density at radius 3 is 2.78 bits per heavy atom. The van der Waals surface area contributed by atoms with Gasteiger partial charge in [-0.05, 0) is 38.4 Å². The van der Waals surface area contributed by atoms with Crippen LogP contribution < -0.4 is 9.47 Å². The number of carbonyl (C=O) groups excluding carboxylic acids is 1. The molecule has 0 N–H and O–H groups in total. The summed E-state index contributed by atoms with van der Waals surface area (Å²) in [6.07, 6.45) is 1.04. The summed E-state index contributed by atoms with van der Waals surface area (Å²) in [7, 11) is 5.69. The fourth-order valence-corrected chi connectivity index (χ4v) is 3.75. The number of hydrogen-bond donors (Lipinski definition) is 0. The largest absolute Gasteiger partial charge is 0.493 e. The van der Waals surface area contributed by atoms with Crippen molar-refractivity contribution in [2.24, 2.45) is 0 Å². The second-order valence-corrected chi connectivity index (χ2v) is 7.02. The summed E-state index contributed by atoms with van der Waals surface area (Å²) in [4.78, 5) is 16.8. The fraction of sp³-hybridized carbons (Fsp3) is 0.588. The molecule has 0 bridgehead atoms. The van der Waals surface area contributed by atoms with Gasteiger partial charge >= 0.3 is 0 Å². The molecule has 0 aliphatic carbocycles. The Morgan fingerprint density at radius 2 is 2.09 bits per heavy atom. The van der Waals surface area contributed by atoms with E-state index in [0.29, 0.717) is 11.5 Å². The van der Waals surface area contributed by atoms with Crippen molar-refractivity contribution in [2.75, 3.05) is 52.4 Å². The van der Waals surface area contributed by atoms with Crippen molar-refractivity contribution in [1.29, 1.82) is 0 Å². The Balaban J connectivity index is 1.99. The number of likely N-dealkylation sites (N-methyl/N-ethyl adjacent to an activating group) is 1. The summed E-state index contributed by atoms with van der Waals surface area (Å²) >= 11 is 1.93. The van der Waals surface area contributed by atoms with Gasteiger partial charge in [-0.15, -0.1) is 0 Å². The fourth-order valence-electron chi connectivity index (χ4n) is 2.69. The quantitative estimate of drug-likeness (QED) is 0.793. The molecule has 1 atom stereocenters. The highest BCUT2D eigenvalue weighted by Gasteiger charge is 2.26. The summed E-state index contributed by atoms with van der Waals surface area (Å²) in [5.41, 5.74) is 0. The van der Waals surface area contributed by atoms with E-state index in [-0.39, 0.29) is 18.6 Å². The first-order valence-corrected chi connectivity index (χ1v) is 9.05. The lowest BCUT2D eigenvalue weighted by Gasteiger charge is -2.31. The Bertz CT molecular complexity index is 510. The number of nitrogens with zero attached hydrogens (tertiary/aromatic N) is 2. The lowest BCUT2D eigenvalue weighted by atomic mass is 10.2. The molecule has 0 spiro atoms. The maximum atomic E-state index is 12.6. The Kier molecular flexibility index (Phi) is 7.05. The van der Waals surface area contributed by atoms with Crippen LogP contribution in [0.2, 0.25) is 0 Å². The molecule has 1 saturated heterocycles. The molecule has 1 fully saturated rings. The van der Waals surface area contributed by atoms with Crippen molar-refractivity contribution < 1.29 is 14.3 Å². The summed E-state index contributed by atoms with van der Waals surface area (Å²) in [6.45, 7) is 1.74. The molecule has 2 rings (SSSR count). The molecule has 23 heavy (non-hydrogen) atoms. The summed E-state index contributed by atoms with van der Waals surface area (Å²) in [6, 6.07) is 7.65. The minimum atomic E-state index is 0.0465. The molecule has 1 aliphatic rings. The zero-order valence-corrected chi connectivity index (χ0v) is 15.0. The van der Waals surface area contributed by atoms with Crippen molar-refractivity contribution in [3.8, 4) is 11.5 Å². The van der Waals surface area contributed by atoms with Crippen LogP contribution in [-0.4, -0.2) is 74.2 Å². The van der Waals surface area contributed by atoms with E-state index in [1.54, 1.807) is 7.11 Å². The van der Waals surface area contributed by atoms with Crippen LogP contribution in [0.4, 0.5) is 0 Å². The van der Waals surface area contributed by atoms with Gasteiger partial charge in [-0.3, -0.25) is 4.79 Å². The van der Waals surface area contributed by atoms with Crippen molar-refractivity contribution in [2.45, 2.75) is 12.5 Å². The molecule has 0 radical (unpaired) electrons. The molecule has 1 amide bonds. The molecular weight excluding hydrogens is 312 g/mol. The number of rotatable bonds is 6. The Hall–Kier alpha value is -1.40. The van der Waals surface area contributed by atoms with Crippen LogP contribution in [0.3, 0.4) is 0 Å². The number of hydrogen-bond acceptors (Lipinski definition) is 5. The SMILES string of the molecule is COc1ccccc1OCC(=O)N1CCCSC[C@H]1CN(C)C. The molecule has 1 aromatic rings. The standard InChI is InChI=1S/C17H26N2O3S/c1-18(2)11-14-13-23-10-6-9-19(14)17(20)12-22-16-8-5-4-7-15(16)21-3/h4-5,7-8,14H,6,9-13H2,1-3H3/t14-/m1/s1. The second kappa shape index (κ2) is 9.03. The monoisotopic (exact) mass is 338 g/mol. The number of amides is 1. The van der Waals surface area contributed by atoms with E-state index in [1.807, 2.05) is 55.0 Å². The van der Waals surface area contributed by atoms with E-state index in [1.165, 1.54) is 0 Å². The Labute approximate surface area is 142 Å². The molecule has 1 aliphatic heterocycles. The van der Waals surface area contributed by atoms with Gasteiger partial charge in [-0.25, -0.2) is 0 Å². The van der Waals surface area contributed by atoms with Gasteiger partial charge in [0, 0.05) is 18.8 Å². The topological polar surface area (TPSA) is 42.0 Å². The van der Waals surface area contributed by atoms with E-state index in [4.69, 9.17) is 9.47 Å². The highest BCUT2D eigenvalue weighted by atomic mass is 32.2. The highest BCUT2D eigenvalue weighted by Crippen LogP contribution is 2.26. The lowest BCUT2D eigenvalue weighted by Crippen LogP contribution is -2.48. The molecule has 0 unspecified atom stereocenters. The third-order valence-electron chi connectivity index (χ3n) is 3.76. The van der Waals surface area contributed by atoms with Crippen LogP contribution in [0, 0.1) is 0 Å². The Morgan fingerprint density at radius 1 is 1.35 bits per heavy atom. The van der Waals surface area contributed by atoms with Gasteiger partial charge in [0.1, 0.15) is 0 Å². The van der Waals surface area contributed by atoms with Crippen LogP contribution in [0.1, 0.15) is 6.42 Å². The van der Waals surface area contributed by atoms with Crippen LogP contribution in [-0.2, 0) is 4.79 Å². The average Bonchev–Trinajstić information content (AvgIpc) is 2.77. The predicted octanol–water partition coefficient (Wildman–Crippen LogP) is 1.97. The second-order valence-electron chi connectivity index (χ2n) is 5.87. The first-order valence-electron chi connectivity index (χ1n) is 7.89. The predicted molar refractivity (Wildman–Crippen MR) is 94.5 cm³/mol. The van der Waals surface area contributed by atoms with Crippen molar-refractivity contribution in [1.82, 2.24) is 9.80 Å². The summed E-state index contributed by atoms with van der Waals surface area (Å²) in [5, 5.41) is 0. The molecule has 6 heteroatoms. The zero-order chi connectivity index (χ0) is 16.7. The van der Waals surface area contributed by atoms with Gasteiger partial charge in [0.05, 0.1) is 13.2 Å². The minimum absolute atomic E-state index is 0.0465. The van der Waals surface area contributed by atoms with Gasteiger partial charge < -0.3 is 19.3 Å². The van der Waals surface area contributed by atoms with Crippen LogP contribution in [0.5, 0.6) is 11.5 Å². The molecule has 0 saturated carbocycles. The molecule has 5 nitrogen and oxygen atoms in total. The van der Waals surface area contributed by atoms with Gasteiger partial charge in [-0.2, -0.15) is 11.8 Å². The maximum absolute atomic E-state index is 12.6. The van der Waals surface area contributed by atoms with E-state index in [0.717, 1.165) is 31.0 Å². The lowest BCUT2D eigenvalue weighted by molar-refractivity contribution is -0.135. The molecule has 0 aromatic heterocycles. The average molecular weight is 338 g/mol. The molecule has 1 aromatic carbocycles. The third-order valence-corrected chi connectivity index (χ3v) is 4.95. The maximum Gasteiger partial charge on any atom is 0.260 e. The highest BCUT2D eigenvalue weighted by molar-refractivity contribution is 7.99. The first-order chi connectivity index (χ1) is 11.1.